The van der Waals surface area contributed by atoms with E-state index in [2.05, 4.69) is 13.0 Å². The fraction of sp³-hybridized carbons (Fsp3) is 0.412. The number of hydrogen-bond acceptors (Lipinski definition) is 2. The van der Waals surface area contributed by atoms with Crippen LogP contribution in [-0.2, 0) is 4.79 Å². The van der Waals surface area contributed by atoms with Crippen LogP contribution in [0.25, 0.3) is 0 Å². The van der Waals surface area contributed by atoms with Gasteiger partial charge in [0.15, 0.2) is 5.78 Å². The van der Waals surface area contributed by atoms with Gasteiger partial charge in [0.05, 0.1) is 0 Å². The molecule has 0 saturated heterocycles. The van der Waals surface area contributed by atoms with Crippen molar-refractivity contribution in [1.29, 1.82) is 0 Å². The highest BCUT2D eigenvalue weighted by Gasteiger charge is 2.61. The monoisotopic (exact) mass is 254 g/mol. The highest BCUT2D eigenvalue weighted by atomic mass is 16.1. The molecule has 1 aromatic rings. The van der Waals surface area contributed by atoms with Crippen molar-refractivity contribution in [2.24, 2.45) is 10.8 Å². The van der Waals surface area contributed by atoms with Crippen LogP contribution in [0.3, 0.4) is 0 Å². The molecule has 0 aliphatic heterocycles. The van der Waals surface area contributed by atoms with E-state index in [4.69, 9.17) is 0 Å². The molecule has 98 valence electrons. The quantitative estimate of drug-likeness (QED) is 0.608. The third kappa shape index (κ3) is 1.55. The summed E-state index contributed by atoms with van der Waals surface area (Å²) in [6.45, 7) is 2.21. The fourth-order valence-corrected chi connectivity index (χ4v) is 3.79. The summed E-state index contributed by atoms with van der Waals surface area (Å²) in [7, 11) is 0. The normalized spacial score (nSPS) is 32.2. The Morgan fingerprint density at radius 3 is 2.58 bits per heavy atom. The van der Waals surface area contributed by atoms with Crippen molar-refractivity contribution in [2.45, 2.75) is 32.6 Å². The van der Waals surface area contributed by atoms with Crippen molar-refractivity contribution in [3.63, 3.8) is 0 Å². The van der Waals surface area contributed by atoms with Crippen molar-refractivity contribution in [2.75, 3.05) is 0 Å². The van der Waals surface area contributed by atoms with Gasteiger partial charge in [-0.25, -0.2) is 0 Å². The summed E-state index contributed by atoms with van der Waals surface area (Å²) in [6.07, 6.45) is 6.54. The Balaban J connectivity index is 1.97. The maximum atomic E-state index is 12.7. The molecule has 0 unspecified atom stereocenters. The van der Waals surface area contributed by atoms with Crippen LogP contribution >= 0.6 is 0 Å². The van der Waals surface area contributed by atoms with Gasteiger partial charge in [-0.05, 0) is 24.7 Å². The van der Waals surface area contributed by atoms with Crippen molar-refractivity contribution in [1.82, 2.24) is 0 Å². The lowest BCUT2D eigenvalue weighted by Crippen LogP contribution is -2.48. The first-order valence-electron chi connectivity index (χ1n) is 6.87. The number of carbonyl (C=O) groups excluding carboxylic acids is 2. The van der Waals surface area contributed by atoms with Crippen LogP contribution in [0.5, 0.6) is 0 Å². The van der Waals surface area contributed by atoms with E-state index in [1.54, 1.807) is 0 Å². The van der Waals surface area contributed by atoms with Crippen LogP contribution in [0.4, 0.5) is 0 Å². The molecule has 1 fully saturated rings. The molecule has 0 amide bonds. The van der Waals surface area contributed by atoms with Crippen LogP contribution < -0.4 is 0 Å². The second-order valence-corrected chi connectivity index (χ2v) is 6.03. The molecule has 0 radical (unpaired) electrons. The second-order valence-electron chi connectivity index (χ2n) is 6.03. The summed E-state index contributed by atoms with van der Waals surface area (Å²) < 4.78 is 0. The number of carbonyl (C=O) groups is 2. The maximum Gasteiger partial charge on any atom is 0.189 e. The maximum absolute atomic E-state index is 12.7. The molecule has 2 heteroatoms. The third-order valence-electron chi connectivity index (χ3n) is 5.24. The summed E-state index contributed by atoms with van der Waals surface area (Å²) in [5.74, 6) is 0.103. The van der Waals surface area contributed by atoms with E-state index in [9.17, 15) is 9.59 Å². The van der Waals surface area contributed by atoms with Gasteiger partial charge < -0.3 is 4.79 Å². The van der Waals surface area contributed by atoms with Crippen LogP contribution in [-0.4, -0.2) is 12.1 Å². The predicted molar refractivity (Wildman–Crippen MR) is 73.9 cm³/mol. The van der Waals surface area contributed by atoms with Crippen molar-refractivity contribution in [3.8, 4) is 0 Å². The molecule has 0 spiro atoms. The largest absolute Gasteiger partial charge is 0.303 e. The fourth-order valence-electron chi connectivity index (χ4n) is 3.79. The molecule has 2 nitrogen and oxygen atoms in total. The molecular weight excluding hydrogens is 236 g/mol. The minimum absolute atomic E-state index is 0.103. The molecule has 3 rings (SSSR count). The number of rotatable bonds is 4. The van der Waals surface area contributed by atoms with Gasteiger partial charge >= 0.3 is 0 Å². The Kier molecular flexibility index (Phi) is 2.70. The number of fused-ring (bicyclic) bond motifs is 1. The standard InChI is InChI=1S/C17H18O2/c1-16-8-7-14(17(16,10-9-16)11-12-18)15(19)13-5-3-2-4-6-13/h2-7,12H,8-11H2,1H3/t16-,17+/m1/s1. The number of Topliss-reactive ketones (excluding diaryl/α,β-unsaturated/α-hetero) is 1. The summed E-state index contributed by atoms with van der Waals surface area (Å²) in [5.41, 5.74) is 1.53. The van der Waals surface area contributed by atoms with Crippen LogP contribution in [0.15, 0.2) is 42.0 Å². The zero-order chi connectivity index (χ0) is 13.5. The number of allylic oxidation sites excluding steroid dienone is 2. The zero-order valence-corrected chi connectivity index (χ0v) is 11.2. The van der Waals surface area contributed by atoms with E-state index >= 15 is 0 Å². The van der Waals surface area contributed by atoms with E-state index in [0.29, 0.717) is 6.42 Å². The molecule has 2 aliphatic carbocycles. The minimum Gasteiger partial charge on any atom is -0.303 e. The van der Waals surface area contributed by atoms with Gasteiger partial charge in [0.2, 0.25) is 0 Å². The molecule has 0 N–H and O–H groups in total. The van der Waals surface area contributed by atoms with Gasteiger partial charge in [0, 0.05) is 23.0 Å². The Morgan fingerprint density at radius 2 is 2.00 bits per heavy atom. The molecule has 0 bridgehead atoms. The summed E-state index contributed by atoms with van der Waals surface area (Å²) in [4.78, 5) is 23.7. The van der Waals surface area contributed by atoms with Crippen molar-refractivity contribution in [3.05, 3.63) is 47.5 Å². The topological polar surface area (TPSA) is 34.1 Å². The van der Waals surface area contributed by atoms with E-state index in [0.717, 1.165) is 36.7 Å². The highest BCUT2D eigenvalue weighted by Crippen LogP contribution is 2.68. The molecule has 1 aromatic carbocycles. The lowest BCUT2D eigenvalue weighted by molar-refractivity contribution is -0.114. The first-order valence-corrected chi connectivity index (χ1v) is 6.87. The lowest BCUT2D eigenvalue weighted by atomic mass is 9.48. The first-order chi connectivity index (χ1) is 9.13. The smallest absolute Gasteiger partial charge is 0.189 e. The zero-order valence-electron chi connectivity index (χ0n) is 11.2. The summed E-state index contributed by atoms with van der Waals surface area (Å²) >= 11 is 0. The molecular formula is C17H18O2. The second kappa shape index (κ2) is 4.16. The number of benzene rings is 1. The molecule has 19 heavy (non-hydrogen) atoms. The Bertz CT molecular complexity index is 558. The SMILES string of the molecule is C[C@]12CC=C(C(=O)c3ccccc3)[C@@]1(CC=O)CC2. The number of aldehydes is 1. The van der Waals surface area contributed by atoms with Crippen LogP contribution in [0.2, 0.25) is 0 Å². The van der Waals surface area contributed by atoms with E-state index in [1.807, 2.05) is 30.3 Å². The molecule has 0 aromatic heterocycles. The predicted octanol–water partition coefficient (Wildman–Crippen LogP) is 3.57. The van der Waals surface area contributed by atoms with Crippen LogP contribution in [0, 0.1) is 10.8 Å². The molecule has 0 heterocycles. The van der Waals surface area contributed by atoms with Gasteiger partial charge in [-0.15, -0.1) is 0 Å². The Hall–Kier alpha value is -1.70. The molecule has 1 saturated carbocycles. The molecule has 2 atom stereocenters. The van der Waals surface area contributed by atoms with E-state index in [-0.39, 0.29) is 16.6 Å². The average molecular weight is 254 g/mol. The van der Waals surface area contributed by atoms with Crippen molar-refractivity contribution >= 4 is 12.1 Å². The Labute approximate surface area is 113 Å². The van der Waals surface area contributed by atoms with Gasteiger partial charge in [0.25, 0.3) is 0 Å². The van der Waals surface area contributed by atoms with Gasteiger partial charge in [-0.1, -0.05) is 43.3 Å². The minimum atomic E-state index is -0.193. The third-order valence-corrected chi connectivity index (χ3v) is 5.24. The van der Waals surface area contributed by atoms with Crippen molar-refractivity contribution < 1.29 is 9.59 Å². The average Bonchev–Trinajstić information content (AvgIpc) is 2.62. The first kappa shape index (κ1) is 12.3. The van der Waals surface area contributed by atoms with E-state index in [1.165, 1.54) is 0 Å². The lowest BCUT2D eigenvalue weighted by Gasteiger charge is -2.55. The van der Waals surface area contributed by atoms with Gasteiger partial charge in [-0.2, -0.15) is 0 Å². The summed E-state index contributed by atoms with van der Waals surface area (Å²) in [5, 5.41) is 0. The summed E-state index contributed by atoms with van der Waals surface area (Å²) in [6, 6.07) is 9.39. The van der Waals surface area contributed by atoms with Gasteiger partial charge in [0.1, 0.15) is 6.29 Å². The van der Waals surface area contributed by atoms with Gasteiger partial charge in [-0.3, -0.25) is 4.79 Å². The number of ketones is 1. The highest BCUT2D eigenvalue weighted by molar-refractivity contribution is 6.10. The number of hydrogen-bond donors (Lipinski definition) is 0. The van der Waals surface area contributed by atoms with Crippen LogP contribution in [0.1, 0.15) is 43.0 Å². The van der Waals surface area contributed by atoms with E-state index < -0.39 is 0 Å². The Morgan fingerprint density at radius 1 is 1.26 bits per heavy atom. The molecule has 2 aliphatic rings.